The number of benzene rings is 4. The zero-order chi connectivity index (χ0) is 29.7. The minimum atomic E-state index is -0.825. The van der Waals surface area contributed by atoms with Gasteiger partial charge in [0.1, 0.15) is 6.04 Å². The number of guanidine groups is 1. The number of primary amides is 1. The molecule has 0 aliphatic rings. The molecule has 0 radical (unpaired) electrons. The molecule has 4 aromatic rings. The van der Waals surface area contributed by atoms with Gasteiger partial charge in [0, 0.05) is 19.0 Å². The molecule has 0 heterocycles. The summed E-state index contributed by atoms with van der Waals surface area (Å²) in [4.78, 5) is 33.4. The van der Waals surface area contributed by atoms with Crippen molar-refractivity contribution in [1.29, 1.82) is 0 Å². The molecule has 0 bridgehead atoms. The van der Waals surface area contributed by atoms with E-state index < -0.39 is 17.9 Å². The van der Waals surface area contributed by atoms with Gasteiger partial charge in [-0.05, 0) is 41.5 Å². The van der Waals surface area contributed by atoms with Crippen molar-refractivity contribution in [1.82, 2.24) is 4.90 Å². The molecule has 0 fully saturated rings. The van der Waals surface area contributed by atoms with Crippen molar-refractivity contribution in [3.63, 3.8) is 0 Å². The third kappa shape index (κ3) is 8.07. The van der Waals surface area contributed by atoms with E-state index in [2.05, 4.69) is 29.3 Å². The van der Waals surface area contributed by atoms with Crippen molar-refractivity contribution >= 4 is 17.8 Å². The van der Waals surface area contributed by atoms with Crippen LogP contribution in [0.15, 0.2) is 126 Å². The van der Waals surface area contributed by atoms with Gasteiger partial charge in [0.05, 0.1) is 5.92 Å². The lowest BCUT2D eigenvalue weighted by molar-refractivity contribution is -0.140. The van der Waals surface area contributed by atoms with E-state index in [-0.39, 0.29) is 17.8 Å². The molecule has 1 atom stereocenters. The van der Waals surface area contributed by atoms with Crippen LogP contribution < -0.4 is 17.2 Å². The van der Waals surface area contributed by atoms with Gasteiger partial charge in [-0.2, -0.15) is 0 Å². The van der Waals surface area contributed by atoms with E-state index in [1.54, 1.807) is 4.90 Å². The Hall–Kier alpha value is -4.91. The molecule has 0 saturated heterocycles. The van der Waals surface area contributed by atoms with E-state index in [0.29, 0.717) is 32.4 Å². The van der Waals surface area contributed by atoms with Crippen LogP contribution in [0, 0.1) is 0 Å². The third-order valence-electron chi connectivity index (χ3n) is 7.49. The highest BCUT2D eigenvalue weighted by Gasteiger charge is 2.34. The molecule has 6 N–H and O–H groups in total. The summed E-state index contributed by atoms with van der Waals surface area (Å²) in [6.45, 7) is 0.672. The van der Waals surface area contributed by atoms with Gasteiger partial charge in [-0.25, -0.2) is 0 Å². The van der Waals surface area contributed by atoms with Gasteiger partial charge in [-0.15, -0.1) is 0 Å². The van der Waals surface area contributed by atoms with Gasteiger partial charge >= 0.3 is 0 Å². The van der Waals surface area contributed by atoms with Crippen LogP contribution in [-0.2, 0) is 9.59 Å². The minimum Gasteiger partial charge on any atom is -0.370 e. The van der Waals surface area contributed by atoms with Gasteiger partial charge in [-0.3, -0.25) is 14.6 Å². The van der Waals surface area contributed by atoms with Crippen LogP contribution >= 0.6 is 0 Å². The zero-order valence-electron chi connectivity index (χ0n) is 23.8. The smallest absolute Gasteiger partial charge is 0.240 e. The van der Waals surface area contributed by atoms with Crippen LogP contribution in [-0.4, -0.2) is 41.8 Å². The van der Waals surface area contributed by atoms with Crippen molar-refractivity contribution < 1.29 is 9.59 Å². The number of hydrogen-bond acceptors (Lipinski definition) is 3. The molecule has 4 aromatic carbocycles. The van der Waals surface area contributed by atoms with Crippen LogP contribution in [0.3, 0.4) is 0 Å². The maximum atomic E-state index is 14.7. The Morgan fingerprint density at radius 2 is 1.05 bits per heavy atom. The minimum absolute atomic E-state index is 0.0136. The normalized spacial score (nSPS) is 11.7. The topological polar surface area (TPSA) is 128 Å². The second kappa shape index (κ2) is 15.2. The average Bonchev–Trinajstić information content (AvgIpc) is 3.02. The summed E-state index contributed by atoms with van der Waals surface area (Å²) in [5, 5.41) is 0. The van der Waals surface area contributed by atoms with Crippen LogP contribution in [0.5, 0.6) is 0 Å². The highest BCUT2D eigenvalue weighted by atomic mass is 16.2. The summed E-state index contributed by atoms with van der Waals surface area (Å²) >= 11 is 0. The third-order valence-corrected chi connectivity index (χ3v) is 7.49. The Morgan fingerprint density at radius 3 is 1.45 bits per heavy atom. The second-order valence-corrected chi connectivity index (χ2v) is 10.3. The Labute approximate surface area is 248 Å². The molecule has 4 rings (SSSR count). The van der Waals surface area contributed by atoms with E-state index in [1.807, 2.05) is 97.1 Å². The van der Waals surface area contributed by atoms with E-state index in [4.69, 9.17) is 17.2 Å². The molecule has 0 saturated carbocycles. The fourth-order valence-electron chi connectivity index (χ4n) is 5.46. The monoisotopic (exact) mass is 561 g/mol. The first-order valence-electron chi connectivity index (χ1n) is 14.3. The summed E-state index contributed by atoms with van der Waals surface area (Å²) in [7, 11) is 0. The summed E-state index contributed by atoms with van der Waals surface area (Å²) in [6, 6.07) is 38.9. The molecule has 7 heteroatoms. The number of carbonyl (C=O) groups excluding carboxylic acids is 2. The lowest BCUT2D eigenvalue weighted by atomic mass is 9.86. The number of rotatable bonds is 14. The number of nitrogens with two attached hydrogens (primary N) is 3. The van der Waals surface area contributed by atoms with E-state index >= 15 is 0 Å². The van der Waals surface area contributed by atoms with Gasteiger partial charge in [0.2, 0.25) is 11.8 Å². The van der Waals surface area contributed by atoms with Crippen LogP contribution in [0.1, 0.15) is 53.4 Å². The van der Waals surface area contributed by atoms with E-state index in [9.17, 15) is 9.59 Å². The van der Waals surface area contributed by atoms with Crippen molar-refractivity contribution in [3.05, 3.63) is 144 Å². The molecule has 2 amide bonds. The number of carbonyl (C=O) groups is 2. The van der Waals surface area contributed by atoms with Gasteiger partial charge < -0.3 is 22.1 Å². The molecule has 42 heavy (non-hydrogen) atoms. The van der Waals surface area contributed by atoms with E-state index in [1.165, 1.54) is 0 Å². The average molecular weight is 562 g/mol. The molecular formula is C35H39N5O2. The van der Waals surface area contributed by atoms with Crippen molar-refractivity contribution in [2.75, 3.05) is 13.1 Å². The molecule has 0 aliphatic heterocycles. The SMILES string of the molecule is NC(=O)[C@H](CCCN=C(N)N)N(CCC(c1ccccc1)c1ccccc1)C(=O)C(c1ccccc1)c1ccccc1. The van der Waals surface area contributed by atoms with Crippen LogP contribution in [0.4, 0.5) is 0 Å². The standard InChI is InChI=1S/C35H39N5O2/c36-33(41)31(22-13-24-39-35(37)38)40(25-23-30(26-14-5-1-6-15-26)27-16-7-2-8-17-27)34(42)32(28-18-9-3-10-19-28)29-20-11-4-12-21-29/h1-12,14-21,30-32H,13,22-25H2,(H2,36,41)(H4,37,38,39)/t31-/m0/s1. The predicted octanol–water partition coefficient (Wildman–Crippen LogP) is 4.78. The molecule has 7 nitrogen and oxygen atoms in total. The Morgan fingerprint density at radius 1 is 0.619 bits per heavy atom. The highest BCUT2D eigenvalue weighted by molar-refractivity contribution is 5.92. The highest BCUT2D eigenvalue weighted by Crippen LogP contribution is 2.32. The number of aliphatic imine (C=N–C) groups is 1. The van der Waals surface area contributed by atoms with Gasteiger partial charge in [-0.1, -0.05) is 121 Å². The summed E-state index contributed by atoms with van der Waals surface area (Å²) < 4.78 is 0. The van der Waals surface area contributed by atoms with Gasteiger partial charge in [0.25, 0.3) is 0 Å². The van der Waals surface area contributed by atoms with Gasteiger partial charge in [0.15, 0.2) is 5.96 Å². The van der Waals surface area contributed by atoms with Crippen molar-refractivity contribution in [2.24, 2.45) is 22.2 Å². The Kier molecular flexibility index (Phi) is 10.9. The lowest BCUT2D eigenvalue weighted by Crippen LogP contribution is -2.50. The molecule has 0 spiro atoms. The maximum absolute atomic E-state index is 14.7. The predicted molar refractivity (Wildman–Crippen MR) is 169 cm³/mol. The van der Waals surface area contributed by atoms with E-state index in [0.717, 1.165) is 22.3 Å². The maximum Gasteiger partial charge on any atom is 0.240 e. The Bertz CT molecular complexity index is 1350. The molecule has 0 aromatic heterocycles. The second-order valence-electron chi connectivity index (χ2n) is 10.3. The fraction of sp³-hybridized carbons (Fsp3) is 0.229. The van der Waals surface area contributed by atoms with Crippen molar-refractivity contribution in [2.45, 2.75) is 37.1 Å². The largest absolute Gasteiger partial charge is 0.370 e. The number of amides is 2. The zero-order valence-corrected chi connectivity index (χ0v) is 23.8. The first-order valence-corrected chi connectivity index (χ1v) is 14.3. The molecule has 0 aliphatic carbocycles. The van der Waals surface area contributed by atoms with Crippen LogP contribution in [0.2, 0.25) is 0 Å². The quantitative estimate of drug-likeness (QED) is 0.116. The number of nitrogens with zero attached hydrogens (tertiary/aromatic N) is 2. The summed E-state index contributed by atoms with van der Waals surface area (Å²) in [5.41, 5.74) is 21.0. The lowest BCUT2D eigenvalue weighted by Gasteiger charge is -2.34. The molecule has 0 unspecified atom stereocenters. The molecule has 216 valence electrons. The van der Waals surface area contributed by atoms with Crippen molar-refractivity contribution in [3.8, 4) is 0 Å². The fourth-order valence-corrected chi connectivity index (χ4v) is 5.46. The number of hydrogen-bond donors (Lipinski definition) is 3. The summed E-state index contributed by atoms with van der Waals surface area (Å²) in [5.74, 6) is -1.31. The first-order chi connectivity index (χ1) is 20.5. The van der Waals surface area contributed by atoms with Crippen LogP contribution in [0.25, 0.3) is 0 Å². The molecular weight excluding hydrogens is 522 g/mol. The summed E-state index contributed by atoms with van der Waals surface area (Å²) in [6.07, 6.45) is 1.45. The first kappa shape index (κ1) is 30.1. The Balaban J connectivity index is 1.73.